The van der Waals surface area contributed by atoms with E-state index in [-0.39, 0.29) is 18.4 Å². The van der Waals surface area contributed by atoms with Gasteiger partial charge in [0, 0.05) is 20.0 Å². The molecular formula is C17H17BrN4O2S. The smallest absolute Gasteiger partial charge is 0.264 e. The molecule has 6 nitrogen and oxygen atoms in total. The number of halogens is 1. The topological polar surface area (TPSA) is 78.1 Å². The number of benzene rings is 1. The number of H-pyrrole nitrogens is 1. The van der Waals surface area contributed by atoms with Gasteiger partial charge >= 0.3 is 0 Å². The van der Waals surface area contributed by atoms with Gasteiger partial charge in [0.25, 0.3) is 5.91 Å². The van der Waals surface area contributed by atoms with Gasteiger partial charge < -0.3 is 15.2 Å². The van der Waals surface area contributed by atoms with Crippen molar-refractivity contribution in [2.24, 2.45) is 0 Å². The summed E-state index contributed by atoms with van der Waals surface area (Å²) in [6.07, 6.45) is 0.607. The van der Waals surface area contributed by atoms with E-state index in [0.717, 1.165) is 20.6 Å². The van der Waals surface area contributed by atoms with Gasteiger partial charge in [0.05, 0.1) is 26.2 Å². The zero-order chi connectivity index (χ0) is 17.8. The average Bonchev–Trinajstić information content (AvgIpc) is 3.19. The van der Waals surface area contributed by atoms with Gasteiger partial charge in [0.1, 0.15) is 5.82 Å². The number of imidazole rings is 1. The number of fused-ring (bicyclic) bond motifs is 1. The highest BCUT2D eigenvalue weighted by molar-refractivity contribution is 9.11. The molecule has 0 saturated heterocycles. The molecule has 0 fully saturated rings. The number of likely N-dealkylation sites (N-methyl/N-ethyl adjacent to an activating group) is 1. The third-order valence-corrected chi connectivity index (χ3v) is 5.25. The van der Waals surface area contributed by atoms with Crippen LogP contribution in [0.5, 0.6) is 0 Å². The standard InChI is InChI=1S/C17H17BrN4O2S/c1-22(17(24)13-6-7-14(18)25-13)10-16(23)19-9-8-15-20-11-4-2-3-5-12(11)21-15/h2-7H,8-10H2,1H3,(H,19,23)(H,20,21). The van der Waals surface area contributed by atoms with E-state index in [0.29, 0.717) is 17.8 Å². The number of amides is 2. The highest BCUT2D eigenvalue weighted by Crippen LogP contribution is 2.22. The Kier molecular flexibility index (Phi) is 5.50. The summed E-state index contributed by atoms with van der Waals surface area (Å²) in [5.41, 5.74) is 1.90. The lowest BCUT2D eigenvalue weighted by molar-refractivity contribution is -0.121. The maximum atomic E-state index is 12.2. The van der Waals surface area contributed by atoms with Crippen LogP contribution < -0.4 is 5.32 Å². The van der Waals surface area contributed by atoms with Crippen molar-refractivity contribution in [2.45, 2.75) is 6.42 Å². The number of hydrogen-bond acceptors (Lipinski definition) is 4. The van der Waals surface area contributed by atoms with Crippen molar-refractivity contribution >= 4 is 50.1 Å². The second-order valence-corrected chi connectivity index (χ2v) is 8.03. The predicted octanol–water partition coefficient (Wildman–Crippen LogP) is 2.82. The van der Waals surface area contributed by atoms with Crippen LogP contribution in [0.3, 0.4) is 0 Å². The number of rotatable bonds is 6. The number of hydrogen-bond donors (Lipinski definition) is 2. The van der Waals surface area contributed by atoms with Crippen LogP contribution in [0.25, 0.3) is 11.0 Å². The predicted molar refractivity (Wildman–Crippen MR) is 102 cm³/mol. The van der Waals surface area contributed by atoms with E-state index in [1.807, 2.05) is 30.3 Å². The van der Waals surface area contributed by atoms with Gasteiger partial charge in [-0.15, -0.1) is 11.3 Å². The van der Waals surface area contributed by atoms with Crippen LogP contribution in [-0.2, 0) is 11.2 Å². The van der Waals surface area contributed by atoms with Crippen LogP contribution in [0.4, 0.5) is 0 Å². The number of aromatic nitrogens is 2. The average molecular weight is 421 g/mol. The first-order chi connectivity index (χ1) is 12.0. The van der Waals surface area contributed by atoms with E-state index >= 15 is 0 Å². The van der Waals surface area contributed by atoms with Crippen molar-refractivity contribution in [3.8, 4) is 0 Å². The molecule has 8 heteroatoms. The maximum absolute atomic E-state index is 12.2. The molecule has 130 valence electrons. The molecule has 0 aliphatic carbocycles. The highest BCUT2D eigenvalue weighted by atomic mass is 79.9. The molecular weight excluding hydrogens is 404 g/mol. The Bertz CT molecular complexity index is 872. The molecule has 2 aromatic heterocycles. The van der Waals surface area contributed by atoms with Crippen LogP contribution in [0.2, 0.25) is 0 Å². The van der Waals surface area contributed by atoms with Gasteiger partial charge in [-0.3, -0.25) is 9.59 Å². The first-order valence-corrected chi connectivity index (χ1v) is 9.35. The van der Waals surface area contributed by atoms with Crippen molar-refractivity contribution in [3.05, 3.63) is 50.9 Å². The lowest BCUT2D eigenvalue weighted by Gasteiger charge is -2.15. The molecule has 0 aliphatic heterocycles. The van der Waals surface area contributed by atoms with Gasteiger partial charge in [-0.2, -0.15) is 0 Å². The molecule has 0 bridgehead atoms. The van der Waals surface area contributed by atoms with Crippen LogP contribution >= 0.6 is 27.3 Å². The summed E-state index contributed by atoms with van der Waals surface area (Å²) in [7, 11) is 1.62. The second-order valence-electron chi connectivity index (χ2n) is 5.57. The molecule has 0 aliphatic rings. The van der Waals surface area contributed by atoms with Crippen LogP contribution in [0.1, 0.15) is 15.5 Å². The lowest BCUT2D eigenvalue weighted by Crippen LogP contribution is -2.38. The Morgan fingerprint density at radius 2 is 2.08 bits per heavy atom. The lowest BCUT2D eigenvalue weighted by atomic mass is 10.3. The normalized spacial score (nSPS) is 10.8. The third kappa shape index (κ3) is 4.46. The first-order valence-electron chi connectivity index (χ1n) is 7.74. The van der Waals surface area contributed by atoms with Crippen molar-refractivity contribution in [2.75, 3.05) is 20.1 Å². The molecule has 3 aromatic rings. The Balaban J connectivity index is 1.46. The summed E-state index contributed by atoms with van der Waals surface area (Å²) in [6.45, 7) is 0.486. The Morgan fingerprint density at radius 1 is 1.28 bits per heavy atom. The quantitative estimate of drug-likeness (QED) is 0.643. The highest BCUT2D eigenvalue weighted by Gasteiger charge is 2.16. The largest absolute Gasteiger partial charge is 0.354 e. The number of thiophene rings is 1. The first kappa shape index (κ1) is 17.6. The molecule has 0 radical (unpaired) electrons. The number of carbonyl (C=O) groups excluding carboxylic acids is 2. The van der Waals surface area contributed by atoms with Crippen molar-refractivity contribution in [1.82, 2.24) is 20.2 Å². The maximum Gasteiger partial charge on any atom is 0.264 e. The zero-order valence-electron chi connectivity index (χ0n) is 13.6. The number of nitrogens with one attached hydrogen (secondary N) is 2. The van der Waals surface area contributed by atoms with E-state index in [4.69, 9.17) is 0 Å². The van der Waals surface area contributed by atoms with Gasteiger partial charge in [0.2, 0.25) is 5.91 Å². The number of nitrogens with zero attached hydrogens (tertiary/aromatic N) is 2. The van der Waals surface area contributed by atoms with E-state index in [1.54, 1.807) is 13.1 Å². The number of aromatic amines is 1. The molecule has 0 unspecified atom stereocenters. The second kappa shape index (κ2) is 7.79. The molecule has 25 heavy (non-hydrogen) atoms. The molecule has 2 heterocycles. The van der Waals surface area contributed by atoms with E-state index in [9.17, 15) is 9.59 Å². The summed E-state index contributed by atoms with van der Waals surface area (Å²) in [5, 5.41) is 2.82. The summed E-state index contributed by atoms with van der Waals surface area (Å²) < 4.78 is 0.888. The van der Waals surface area contributed by atoms with Crippen molar-refractivity contribution < 1.29 is 9.59 Å². The molecule has 0 saturated carbocycles. The Morgan fingerprint density at radius 3 is 2.80 bits per heavy atom. The molecule has 1 aromatic carbocycles. The monoisotopic (exact) mass is 420 g/mol. The van der Waals surface area contributed by atoms with Gasteiger partial charge in [-0.25, -0.2) is 4.98 Å². The molecule has 2 N–H and O–H groups in total. The van der Waals surface area contributed by atoms with Crippen molar-refractivity contribution in [1.29, 1.82) is 0 Å². The molecule has 2 amide bonds. The third-order valence-electron chi connectivity index (χ3n) is 3.63. The van der Waals surface area contributed by atoms with Gasteiger partial charge in [0.15, 0.2) is 0 Å². The molecule has 0 atom stereocenters. The fourth-order valence-corrected chi connectivity index (χ4v) is 3.79. The fraction of sp³-hybridized carbons (Fsp3) is 0.235. The summed E-state index contributed by atoms with van der Waals surface area (Å²) >= 11 is 4.68. The summed E-state index contributed by atoms with van der Waals surface area (Å²) in [5.74, 6) is 0.472. The zero-order valence-corrected chi connectivity index (χ0v) is 16.0. The van der Waals surface area contributed by atoms with Crippen LogP contribution in [0.15, 0.2) is 40.2 Å². The van der Waals surface area contributed by atoms with Gasteiger partial charge in [-0.1, -0.05) is 12.1 Å². The van der Waals surface area contributed by atoms with Crippen LogP contribution in [0, 0.1) is 0 Å². The number of para-hydroxylation sites is 2. The van der Waals surface area contributed by atoms with E-state index in [1.165, 1.54) is 16.2 Å². The van der Waals surface area contributed by atoms with Crippen LogP contribution in [-0.4, -0.2) is 46.8 Å². The minimum Gasteiger partial charge on any atom is -0.354 e. The molecule has 0 spiro atoms. The Hall–Kier alpha value is -2.19. The fourth-order valence-electron chi connectivity index (χ4n) is 2.40. The van der Waals surface area contributed by atoms with E-state index in [2.05, 4.69) is 31.2 Å². The minimum absolute atomic E-state index is 0.0223. The summed E-state index contributed by atoms with van der Waals surface area (Å²) in [6, 6.07) is 11.4. The van der Waals surface area contributed by atoms with Crippen molar-refractivity contribution in [3.63, 3.8) is 0 Å². The van der Waals surface area contributed by atoms with Gasteiger partial charge in [-0.05, 0) is 40.2 Å². The Labute approximate surface area is 157 Å². The molecule has 3 rings (SSSR count). The van der Waals surface area contributed by atoms with E-state index < -0.39 is 0 Å². The SMILES string of the molecule is CN(CC(=O)NCCc1nc2ccccc2[nH]1)C(=O)c1ccc(Br)s1. The number of carbonyl (C=O) groups is 2. The summed E-state index contributed by atoms with van der Waals surface area (Å²) in [4.78, 5) is 33.9. The minimum atomic E-state index is -0.192.